The lowest BCUT2D eigenvalue weighted by Crippen LogP contribution is -2.36. The molecule has 0 N–H and O–H groups in total. The van der Waals surface area contributed by atoms with Gasteiger partial charge in [0.05, 0.1) is 39.2 Å². The van der Waals surface area contributed by atoms with Gasteiger partial charge in [-0.15, -0.1) is 0 Å². The summed E-state index contributed by atoms with van der Waals surface area (Å²) in [5.41, 5.74) is 18.5. The fraction of sp³-hybridized carbons (Fsp3) is 0.0154. The van der Waals surface area contributed by atoms with Crippen molar-refractivity contribution >= 4 is 73.0 Å². The van der Waals surface area contributed by atoms with Gasteiger partial charge in [0.2, 0.25) is 0 Å². The lowest BCUT2D eigenvalue weighted by atomic mass is 9.64. The van der Waals surface area contributed by atoms with Crippen LogP contribution in [0.5, 0.6) is 0 Å². The molecule has 334 valence electrons. The second-order valence-corrected chi connectivity index (χ2v) is 18.2. The van der Waals surface area contributed by atoms with E-state index in [9.17, 15) is 0 Å². The Morgan fingerprint density at radius 3 is 1.11 bits per heavy atom. The van der Waals surface area contributed by atoms with E-state index in [1.165, 1.54) is 21.8 Å². The molecule has 0 unspecified atom stereocenters. The molecule has 4 heterocycles. The molecule has 9 aromatic carbocycles. The second-order valence-electron chi connectivity index (χ2n) is 18.2. The van der Waals surface area contributed by atoms with Gasteiger partial charge in [0.15, 0.2) is 0 Å². The summed E-state index contributed by atoms with van der Waals surface area (Å²) in [6.45, 7) is 0. The molecule has 12 aromatic rings. The van der Waals surface area contributed by atoms with Gasteiger partial charge >= 0.3 is 0 Å². The second kappa shape index (κ2) is 16.3. The van der Waals surface area contributed by atoms with Gasteiger partial charge in [0.25, 0.3) is 0 Å². The van der Waals surface area contributed by atoms with Crippen molar-refractivity contribution in [2.75, 3.05) is 14.7 Å². The molecule has 0 saturated carbocycles. The molecule has 3 aromatic heterocycles. The Kier molecular flexibility index (Phi) is 9.32. The van der Waals surface area contributed by atoms with E-state index in [0.29, 0.717) is 0 Å². The lowest BCUT2D eigenvalue weighted by Gasteiger charge is -2.45. The highest BCUT2D eigenvalue weighted by atomic mass is 15.2. The highest BCUT2D eigenvalue weighted by Crippen LogP contribution is 2.64. The molecule has 0 saturated heterocycles. The smallest absolute Gasteiger partial charge is 0.0937 e. The molecule has 0 amide bonds. The van der Waals surface area contributed by atoms with E-state index < -0.39 is 5.41 Å². The van der Waals surface area contributed by atoms with Crippen LogP contribution in [-0.2, 0) is 5.41 Å². The third kappa shape index (κ3) is 6.21. The number of para-hydroxylation sites is 6. The van der Waals surface area contributed by atoms with Crippen LogP contribution in [0.4, 0.5) is 51.2 Å². The molecule has 0 radical (unpaired) electrons. The molecule has 6 nitrogen and oxygen atoms in total. The van der Waals surface area contributed by atoms with Crippen molar-refractivity contribution < 1.29 is 0 Å². The molecule has 71 heavy (non-hydrogen) atoms. The van der Waals surface area contributed by atoms with Gasteiger partial charge in [-0.25, -0.2) is 0 Å². The zero-order valence-electron chi connectivity index (χ0n) is 38.6. The summed E-state index contributed by atoms with van der Waals surface area (Å²) in [4.78, 5) is 17.5. The molecule has 0 bridgehead atoms. The average Bonchev–Trinajstić information content (AvgIpc) is 3.94. The van der Waals surface area contributed by atoms with Crippen LogP contribution >= 0.6 is 0 Å². The highest BCUT2D eigenvalue weighted by Gasteiger charge is 2.53. The minimum absolute atomic E-state index is 0.832. The maximum atomic E-state index is 5.16. The fourth-order valence-corrected chi connectivity index (χ4v) is 11.5. The normalized spacial score (nSPS) is 12.9. The monoisotopic (exact) mass is 908 g/mol. The van der Waals surface area contributed by atoms with Crippen LogP contribution in [0.1, 0.15) is 22.3 Å². The third-order valence-corrected chi connectivity index (χ3v) is 14.4. The Labute approximate surface area is 412 Å². The maximum Gasteiger partial charge on any atom is 0.0937 e. The van der Waals surface area contributed by atoms with Crippen molar-refractivity contribution in [2.24, 2.45) is 0 Å². The van der Waals surface area contributed by atoms with Crippen LogP contribution in [0.2, 0.25) is 0 Å². The van der Waals surface area contributed by atoms with Crippen molar-refractivity contribution in [2.45, 2.75) is 5.41 Å². The summed E-state index contributed by atoms with van der Waals surface area (Å²) >= 11 is 0. The van der Waals surface area contributed by atoms with Crippen LogP contribution in [0.3, 0.4) is 0 Å². The molecule has 1 aliphatic heterocycles. The van der Waals surface area contributed by atoms with Gasteiger partial charge in [0, 0.05) is 68.7 Å². The van der Waals surface area contributed by atoms with Crippen LogP contribution in [0.15, 0.2) is 267 Å². The Morgan fingerprint density at radius 1 is 0.310 bits per heavy atom. The van der Waals surface area contributed by atoms with Gasteiger partial charge in [-0.1, -0.05) is 121 Å². The molecule has 6 heteroatoms. The van der Waals surface area contributed by atoms with E-state index in [1.54, 1.807) is 0 Å². The predicted octanol–water partition coefficient (Wildman–Crippen LogP) is 16.7. The third-order valence-electron chi connectivity index (χ3n) is 14.4. The summed E-state index contributed by atoms with van der Waals surface area (Å²) in [5.74, 6) is 0. The molecule has 0 fully saturated rings. The number of anilines is 9. The Bertz CT molecular complexity index is 3630. The van der Waals surface area contributed by atoms with E-state index in [-0.39, 0.29) is 0 Å². The van der Waals surface area contributed by atoms with Crippen molar-refractivity contribution in [3.05, 3.63) is 289 Å². The average molecular weight is 909 g/mol. The minimum Gasteiger partial charge on any atom is -0.310 e. The quantitative estimate of drug-likeness (QED) is 0.152. The van der Waals surface area contributed by atoms with Crippen molar-refractivity contribution in [3.8, 4) is 17.1 Å². The van der Waals surface area contributed by atoms with Gasteiger partial charge in [-0.05, 0) is 156 Å². The van der Waals surface area contributed by atoms with E-state index in [4.69, 9.17) is 9.97 Å². The number of nitrogens with zero attached hydrogens (tertiary/aromatic N) is 6. The first kappa shape index (κ1) is 40.5. The van der Waals surface area contributed by atoms with Gasteiger partial charge in [0.1, 0.15) is 0 Å². The van der Waals surface area contributed by atoms with Crippen molar-refractivity contribution in [1.29, 1.82) is 0 Å². The zero-order chi connectivity index (χ0) is 46.9. The topological polar surface area (TPSA) is 40.4 Å². The standard InChI is InChI=1S/C65H44N6/c1-5-19-45(20-6-1)68(46-21-7-2-8-22-46)51-37-39-61-57(43-51)65(55-29-17-41-66-63(55)64-56(65)30-18-42-67-64)58-44-52(69(47-23-9-3-10-24-47)48-25-11-4-12-26-48)38-40-62(58)71(61)50-35-33-49(34-36-50)70-59-31-15-13-27-53(59)54-28-14-16-32-60(54)70/h1-44H. The Hall–Kier alpha value is -9.52. The molecular weight excluding hydrogens is 865 g/mol. The molecule has 14 rings (SSSR count). The van der Waals surface area contributed by atoms with Crippen LogP contribution in [-0.4, -0.2) is 14.5 Å². The van der Waals surface area contributed by atoms with Crippen molar-refractivity contribution in [1.82, 2.24) is 14.5 Å². The molecular formula is C65H44N6. The number of aromatic nitrogens is 3. The van der Waals surface area contributed by atoms with Crippen LogP contribution in [0, 0.1) is 0 Å². The van der Waals surface area contributed by atoms with Gasteiger partial charge in [-0.3, -0.25) is 9.97 Å². The van der Waals surface area contributed by atoms with Crippen LogP contribution in [0.25, 0.3) is 38.9 Å². The largest absolute Gasteiger partial charge is 0.310 e. The minimum atomic E-state index is -0.832. The maximum absolute atomic E-state index is 5.16. The number of rotatable bonds is 8. The van der Waals surface area contributed by atoms with Gasteiger partial charge < -0.3 is 19.3 Å². The number of pyridine rings is 2. The molecule has 1 spiro atoms. The molecule has 1 aliphatic carbocycles. The summed E-state index contributed by atoms with van der Waals surface area (Å²) in [6, 6.07) is 92.0. The molecule has 2 aliphatic rings. The molecule has 0 atom stereocenters. The predicted molar refractivity (Wildman–Crippen MR) is 291 cm³/mol. The fourth-order valence-electron chi connectivity index (χ4n) is 11.5. The van der Waals surface area contributed by atoms with E-state index in [2.05, 4.69) is 274 Å². The highest BCUT2D eigenvalue weighted by molar-refractivity contribution is 6.09. The zero-order valence-corrected chi connectivity index (χ0v) is 38.6. The lowest BCUT2D eigenvalue weighted by molar-refractivity contribution is 0.749. The van der Waals surface area contributed by atoms with Gasteiger partial charge in [-0.2, -0.15) is 0 Å². The van der Waals surface area contributed by atoms with E-state index in [1.807, 2.05) is 12.4 Å². The first-order chi connectivity index (χ1) is 35.3. The summed E-state index contributed by atoms with van der Waals surface area (Å²) in [7, 11) is 0. The van der Waals surface area contributed by atoms with E-state index >= 15 is 0 Å². The van der Waals surface area contributed by atoms with Crippen molar-refractivity contribution in [3.63, 3.8) is 0 Å². The summed E-state index contributed by atoms with van der Waals surface area (Å²) in [5, 5.41) is 2.48. The number of hydrogen-bond acceptors (Lipinski definition) is 5. The summed E-state index contributed by atoms with van der Waals surface area (Å²) in [6.07, 6.45) is 3.80. The Morgan fingerprint density at radius 2 is 0.690 bits per heavy atom. The number of benzene rings is 9. The number of fused-ring (bicyclic) bond motifs is 12. The van der Waals surface area contributed by atoms with Crippen LogP contribution < -0.4 is 14.7 Å². The Balaban J connectivity index is 1.07. The number of hydrogen-bond donors (Lipinski definition) is 0. The van der Waals surface area contributed by atoms with E-state index in [0.717, 1.165) is 90.5 Å². The summed E-state index contributed by atoms with van der Waals surface area (Å²) < 4.78 is 2.38. The first-order valence-electron chi connectivity index (χ1n) is 24.2. The first-order valence-corrected chi connectivity index (χ1v) is 24.2. The SMILES string of the molecule is c1ccc(N(c2ccccc2)c2ccc3c(c2)C2(c4cc(N(c5ccccc5)c5ccccc5)ccc4N3c3ccc(-n4c5ccccc5c5ccccc54)cc3)c3cccnc3-c3ncccc32)cc1.